The van der Waals surface area contributed by atoms with E-state index in [2.05, 4.69) is 38.7 Å². The van der Waals surface area contributed by atoms with Crippen LogP contribution in [0.15, 0.2) is 35.2 Å². The van der Waals surface area contributed by atoms with E-state index in [9.17, 15) is 8.42 Å². The van der Waals surface area contributed by atoms with Crippen LogP contribution in [-0.2, 0) is 23.0 Å². The van der Waals surface area contributed by atoms with Gasteiger partial charge >= 0.3 is 0 Å². The standard InChI is InChI=1S/C24H34N2O3S2/c1-17(2)19-5-7-22(8-6-19)31(27,28)26-14-9-20-15-24(30-23(20)16-26)29-21-10-12-25(13-11-21)18(3)4/h5-8,15,17-18,21H,9-14,16H2,1-4H3. The van der Waals surface area contributed by atoms with Gasteiger partial charge in [0.15, 0.2) is 5.06 Å². The number of nitrogens with zero attached hydrogens (tertiary/aromatic N) is 2. The van der Waals surface area contributed by atoms with Crippen LogP contribution >= 0.6 is 11.3 Å². The van der Waals surface area contributed by atoms with E-state index in [4.69, 9.17) is 4.74 Å². The molecule has 170 valence electrons. The Balaban J connectivity index is 1.41. The molecule has 4 rings (SSSR count). The Kier molecular flexibility index (Phi) is 6.77. The van der Waals surface area contributed by atoms with E-state index in [0.29, 0.717) is 29.9 Å². The first kappa shape index (κ1) is 22.8. The highest BCUT2D eigenvalue weighted by molar-refractivity contribution is 7.89. The van der Waals surface area contributed by atoms with Crippen molar-refractivity contribution in [2.45, 2.75) is 76.5 Å². The highest BCUT2D eigenvalue weighted by Gasteiger charge is 2.30. The molecule has 0 spiro atoms. The van der Waals surface area contributed by atoms with Crippen molar-refractivity contribution in [2.24, 2.45) is 0 Å². The third-order valence-electron chi connectivity index (χ3n) is 6.50. The summed E-state index contributed by atoms with van der Waals surface area (Å²) in [6, 6.07) is 10.1. The predicted molar refractivity (Wildman–Crippen MR) is 127 cm³/mol. The molecule has 0 amide bonds. The number of ether oxygens (including phenoxy) is 1. The van der Waals surface area contributed by atoms with Crippen LogP contribution in [0.5, 0.6) is 5.06 Å². The predicted octanol–water partition coefficient (Wildman–Crippen LogP) is 4.87. The number of likely N-dealkylation sites (tertiary alicyclic amines) is 1. The summed E-state index contributed by atoms with van der Waals surface area (Å²) in [5, 5.41) is 0.938. The molecule has 0 bridgehead atoms. The molecule has 3 heterocycles. The molecule has 0 N–H and O–H groups in total. The summed E-state index contributed by atoms with van der Waals surface area (Å²) in [7, 11) is -3.49. The molecule has 2 aliphatic heterocycles. The van der Waals surface area contributed by atoms with Crippen LogP contribution in [0.3, 0.4) is 0 Å². The van der Waals surface area contributed by atoms with Crippen molar-refractivity contribution in [3.05, 3.63) is 46.3 Å². The van der Waals surface area contributed by atoms with Crippen LogP contribution in [0.2, 0.25) is 0 Å². The van der Waals surface area contributed by atoms with Crippen molar-refractivity contribution in [1.29, 1.82) is 0 Å². The number of sulfonamides is 1. The second-order valence-corrected chi connectivity index (χ2v) is 12.3. The van der Waals surface area contributed by atoms with Gasteiger partial charge < -0.3 is 9.64 Å². The molecule has 0 aliphatic carbocycles. The summed E-state index contributed by atoms with van der Waals surface area (Å²) in [5.74, 6) is 0.386. The van der Waals surface area contributed by atoms with Crippen LogP contribution in [-0.4, -0.2) is 49.4 Å². The van der Waals surface area contributed by atoms with Gasteiger partial charge in [0.2, 0.25) is 10.0 Å². The lowest BCUT2D eigenvalue weighted by Crippen LogP contribution is -2.41. The number of rotatable bonds is 6. The van der Waals surface area contributed by atoms with Crippen molar-refractivity contribution < 1.29 is 13.2 Å². The Hall–Kier alpha value is -1.41. The summed E-state index contributed by atoms with van der Waals surface area (Å²) in [6.07, 6.45) is 3.10. The number of thiophene rings is 1. The summed E-state index contributed by atoms with van der Waals surface area (Å²) >= 11 is 1.62. The van der Waals surface area contributed by atoms with Crippen molar-refractivity contribution in [1.82, 2.24) is 9.21 Å². The summed E-state index contributed by atoms with van der Waals surface area (Å²) < 4.78 is 34.3. The summed E-state index contributed by atoms with van der Waals surface area (Å²) in [6.45, 7) is 11.8. The summed E-state index contributed by atoms with van der Waals surface area (Å²) in [4.78, 5) is 3.99. The van der Waals surface area contributed by atoms with Crippen molar-refractivity contribution >= 4 is 21.4 Å². The van der Waals surface area contributed by atoms with E-state index in [-0.39, 0.29) is 6.10 Å². The fraction of sp³-hybridized carbons (Fsp3) is 0.583. The van der Waals surface area contributed by atoms with Crippen molar-refractivity contribution in [3.8, 4) is 5.06 Å². The molecule has 7 heteroatoms. The second kappa shape index (κ2) is 9.22. The molecule has 2 aromatic rings. The molecule has 0 radical (unpaired) electrons. The average Bonchev–Trinajstić information content (AvgIpc) is 3.15. The van der Waals surface area contributed by atoms with Gasteiger partial charge in [0.25, 0.3) is 0 Å². The maximum atomic E-state index is 13.2. The molecule has 0 unspecified atom stereocenters. The molecular formula is C24H34N2O3S2. The molecule has 1 saturated heterocycles. The zero-order valence-electron chi connectivity index (χ0n) is 19.0. The zero-order valence-corrected chi connectivity index (χ0v) is 20.6. The van der Waals surface area contributed by atoms with Gasteiger partial charge in [-0.15, -0.1) is 11.3 Å². The maximum absolute atomic E-state index is 13.2. The summed E-state index contributed by atoms with van der Waals surface area (Å²) in [5.41, 5.74) is 2.39. The van der Waals surface area contributed by atoms with E-state index in [1.165, 1.54) is 5.56 Å². The fourth-order valence-electron chi connectivity index (χ4n) is 4.38. The van der Waals surface area contributed by atoms with Gasteiger partial charge in [-0.05, 0) is 68.4 Å². The van der Waals surface area contributed by atoms with E-state index >= 15 is 0 Å². The second-order valence-electron chi connectivity index (χ2n) is 9.27. The Morgan fingerprint density at radius 3 is 2.32 bits per heavy atom. The van der Waals surface area contributed by atoms with Crippen molar-refractivity contribution in [3.63, 3.8) is 0 Å². The minimum atomic E-state index is -3.49. The van der Waals surface area contributed by atoms with Crippen LogP contribution in [0.1, 0.15) is 62.5 Å². The lowest BCUT2D eigenvalue weighted by molar-refractivity contribution is 0.0868. The molecule has 1 fully saturated rings. The van der Waals surface area contributed by atoms with Gasteiger partial charge in [-0.2, -0.15) is 4.31 Å². The van der Waals surface area contributed by atoms with E-state index in [1.54, 1.807) is 27.8 Å². The number of benzene rings is 1. The Morgan fingerprint density at radius 2 is 1.71 bits per heavy atom. The normalized spacial score (nSPS) is 19.2. The molecular weight excluding hydrogens is 428 g/mol. The van der Waals surface area contributed by atoms with Gasteiger partial charge in [0.1, 0.15) is 6.10 Å². The molecule has 0 saturated carbocycles. The first-order valence-electron chi connectivity index (χ1n) is 11.4. The first-order valence-corrected chi connectivity index (χ1v) is 13.6. The lowest BCUT2D eigenvalue weighted by atomic mass is 10.0. The molecule has 31 heavy (non-hydrogen) atoms. The monoisotopic (exact) mass is 462 g/mol. The fourth-order valence-corrected chi connectivity index (χ4v) is 7.01. The highest BCUT2D eigenvalue weighted by Crippen LogP contribution is 2.36. The largest absolute Gasteiger partial charge is 0.481 e. The van der Waals surface area contributed by atoms with Crippen molar-refractivity contribution in [2.75, 3.05) is 19.6 Å². The third kappa shape index (κ3) is 5.00. The SMILES string of the molecule is CC(C)c1ccc(S(=O)(=O)N2CCc3cc(OC4CCN(C(C)C)CC4)sc3C2)cc1. The van der Waals surface area contributed by atoms with Gasteiger partial charge in [-0.1, -0.05) is 26.0 Å². The van der Waals surface area contributed by atoms with E-state index in [0.717, 1.165) is 47.9 Å². The van der Waals surface area contributed by atoms with Crippen LogP contribution < -0.4 is 4.74 Å². The minimum absolute atomic E-state index is 0.259. The Morgan fingerprint density at radius 1 is 1.03 bits per heavy atom. The Bertz CT molecular complexity index is 988. The van der Waals surface area contributed by atoms with Gasteiger partial charge in [0.05, 0.1) is 4.90 Å². The quantitative estimate of drug-likeness (QED) is 0.615. The molecule has 1 aromatic heterocycles. The lowest BCUT2D eigenvalue weighted by Gasteiger charge is -2.34. The van der Waals surface area contributed by atoms with Crippen LogP contribution in [0, 0.1) is 0 Å². The highest BCUT2D eigenvalue weighted by atomic mass is 32.2. The van der Waals surface area contributed by atoms with Gasteiger partial charge in [0, 0.05) is 37.1 Å². The molecule has 2 aliphatic rings. The van der Waals surface area contributed by atoms with E-state index < -0.39 is 10.0 Å². The van der Waals surface area contributed by atoms with Crippen LogP contribution in [0.25, 0.3) is 0 Å². The zero-order chi connectivity index (χ0) is 22.2. The molecule has 1 aromatic carbocycles. The van der Waals surface area contributed by atoms with Gasteiger partial charge in [-0.3, -0.25) is 0 Å². The molecule has 0 atom stereocenters. The van der Waals surface area contributed by atoms with E-state index in [1.807, 2.05) is 12.1 Å². The Labute approximate surface area is 191 Å². The maximum Gasteiger partial charge on any atom is 0.243 e. The average molecular weight is 463 g/mol. The number of hydrogen-bond acceptors (Lipinski definition) is 5. The number of piperidine rings is 1. The third-order valence-corrected chi connectivity index (χ3v) is 9.41. The number of hydrogen-bond donors (Lipinski definition) is 0. The minimum Gasteiger partial charge on any atom is -0.481 e. The smallest absolute Gasteiger partial charge is 0.243 e. The van der Waals surface area contributed by atoms with Gasteiger partial charge in [-0.25, -0.2) is 8.42 Å². The first-order chi connectivity index (χ1) is 14.7. The topological polar surface area (TPSA) is 49.9 Å². The number of fused-ring (bicyclic) bond motifs is 1. The molecule has 5 nitrogen and oxygen atoms in total. The van der Waals surface area contributed by atoms with Crippen LogP contribution in [0.4, 0.5) is 0 Å².